The summed E-state index contributed by atoms with van der Waals surface area (Å²) in [4.78, 5) is 19.6. The first kappa shape index (κ1) is 20.1. The van der Waals surface area contributed by atoms with Gasteiger partial charge in [-0.1, -0.05) is 0 Å². The maximum atomic E-state index is 12.9. The van der Waals surface area contributed by atoms with Crippen LogP contribution in [0.15, 0.2) is 24.3 Å². The summed E-state index contributed by atoms with van der Waals surface area (Å²) in [6.45, 7) is 10.7. The second kappa shape index (κ2) is 9.04. The van der Waals surface area contributed by atoms with E-state index in [0.29, 0.717) is 18.0 Å². The van der Waals surface area contributed by atoms with E-state index in [1.165, 1.54) is 0 Å². The van der Waals surface area contributed by atoms with Crippen molar-refractivity contribution in [3.05, 3.63) is 29.8 Å². The molecule has 1 amide bonds. The summed E-state index contributed by atoms with van der Waals surface area (Å²) < 4.78 is 5.65. The monoisotopic (exact) mass is 375 g/mol. The Morgan fingerprint density at radius 3 is 2.33 bits per heavy atom. The highest BCUT2D eigenvalue weighted by molar-refractivity contribution is 5.94. The molecule has 1 N–H and O–H groups in total. The summed E-state index contributed by atoms with van der Waals surface area (Å²) in [5.41, 5.74) is 0.683. The van der Waals surface area contributed by atoms with Gasteiger partial charge in [-0.05, 0) is 51.1 Å². The summed E-state index contributed by atoms with van der Waals surface area (Å²) in [6, 6.07) is 7.38. The van der Waals surface area contributed by atoms with Crippen LogP contribution >= 0.6 is 0 Å². The average Bonchev–Trinajstić information content (AvgIpc) is 3.06. The zero-order chi connectivity index (χ0) is 19.4. The van der Waals surface area contributed by atoms with Gasteiger partial charge in [0, 0.05) is 63.9 Å². The van der Waals surface area contributed by atoms with Gasteiger partial charge in [-0.3, -0.25) is 4.79 Å². The molecule has 0 aliphatic carbocycles. The van der Waals surface area contributed by atoms with Gasteiger partial charge in [-0.15, -0.1) is 0 Å². The van der Waals surface area contributed by atoms with Crippen molar-refractivity contribution in [2.45, 2.75) is 20.0 Å². The first-order chi connectivity index (χ1) is 13.0. The molecule has 6 nitrogen and oxygen atoms in total. The Bertz CT molecular complexity index is 612. The number of piperazine rings is 1. The standard InChI is InChI=1S/C21H33N3O3/c1-16(2)27-20-6-4-17(5-7-20)21(26)24-13-18(19(14-24)15-25)12-23-10-8-22(3)9-11-23/h4-7,16,18-19,25H,8-15H2,1-3H3/t18-,19-/m1/s1. The molecular formula is C21H33N3O3. The molecule has 2 aliphatic heterocycles. The van der Waals surface area contributed by atoms with Crippen LogP contribution in [-0.4, -0.2) is 91.3 Å². The molecule has 0 saturated carbocycles. The van der Waals surface area contributed by atoms with E-state index < -0.39 is 0 Å². The number of benzene rings is 1. The Balaban J connectivity index is 1.59. The summed E-state index contributed by atoms with van der Waals surface area (Å²) in [5, 5.41) is 9.82. The van der Waals surface area contributed by atoms with E-state index in [2.05, 4.69) is 16.8 Å². The molecule has 1 aromatic carbocycles. The topological polar surface area (TPSA) is 56.2 Å². The quantitative estimate of drug-likeness (QED) is 0.815. The molecule has 0 radical (unpaired) electrons. The third-order valence-corrected chi connectivity index (χ3v) is 5.66. The van der Waals surface area contributed by atoms with Gasteiger partial charge in [0.1, 0.15) is 5.75 Å². The maximum absolute atomic E-state index is 12.9. The smallest absolute Gasteiger partial charge is 0.253 e. The Labute approximate surface area is 162 Å². The number of hydrogen-bond donors (Lipinski definition) is 1. The minimum Gasteiger partial charge on any atom is -0.491 e. The highest BCUT2D eigenvalue weighted by Crippen LogP contribution is 2.26. The molecule has 3 rings (SSSR count). The Kier molecular flexibility index (Phi) is 6.73. The fourth-order valence-electron chi connectivity index (χ4n) is 4.01. The van der Waals surface area contributed by atoms with E-state index in [9.17, 15) is 9.90 Å². The van der Waals surface area contributed by atoms with E-state index in [4.69, 9.17) is 4.74 Å². The van der Waals surface area contributed by atoms with E-state index in [1.54, 1.807) is 0 Å². The number of hydrogen-bond acceptors (Lipinski definition) is 5. The van der Waals surface area contributed by atoms with Crippen LogP contribution in [0.5, 0.6) is 5.75 Å². The molecule has 0 aromatic heterocycles. The second-order valence-electron chi connectivity index (χ2n) is 8.21. The third kappa shape index (κ3) is 5.21. The number of carbonyl (C=O) groups excluding carboxylic acids is 1. The molecule has 2 fully saturated rings. The van der Waals surface area contributed by atoms with Crippen LogP contribution in [0.2, 0.25) is 0 Å². The van der Waals surface area contributed by atoms with Crippen molar-refractivity contribution >= 4 is 5.91 Å². The highest BCUT2D eigenvalue weighted by Gasteiger charge is 2.36. The van der Waals surface area contributed by atoms with Crippen molar-refractivity contribution in [1.29, 1.82) is 0 Å². The van der Waals surface area contributed by atoms with Crippen molar-refractivity contribution in [2.75, 3.05) is 59.5 Å². The SMILES string of the molecule is CC(C)Oc1ccc(C(=O)N2C[C@@H](CN3CCN(C)CC3)[C@@H](CO)C2)cc1. The molecule has 0 spiro atoms. The molecule has 0 bridgehead atoms. The number of likely N-dealkylation sites (tertiary alicyclic amines) is 1. The van der Waals surface area contributed by atoms with Crippen LogP contribution in [0.25, 0.3) is 0 Å². The highest BCUT2D eigenvalue weighted by atomic mass is 16.5. The third-order valence-electron chi connectivity index (χ3n) is 5.66. The first-order valence-electron chi connectivity index (χ1n) is 10.0. The van der Waals surface area contributed by atoms with Crippen molar-refractivity contribution < 1.29 is 14.6 Å². The lowest BCUT2D eigenvalue weighted by Crippen LogP contribution is -2.47. The van der Waals surface area contributed by atoms with Crippen LogP contribution in [-0.2, 0) is 0 Å². The van der Waals surface area contributed by atoms with E-state index in [-0.39, 0.29) is 24.5 Å². The van der Waals surface area contributed by atoms with Crippen molar-refractivity contribution in [3.63, 3.8) is 0 Å². The zero-order valence-electron chi connectivity index (χ0n) is 16.8. The molecule has 1 aromatic rings. The number of aliphatic hydroxyl groups excluding tert-OH is 1. The van der Waals surface area contributed by atoms with Gasteiger partial charge in [0.2, 0.25) is 0 Å². The molecule has 0 unspecified atom stereocenters. The van der Waals surface area contributed by atoms with E-state index in [0.717, 1.165) is 45.0 Å². The predicted molar refractivity (Wildman–Crippen MR) is 106 cm³/mol. The Hall–Kier alpha value is -1.63. The second-order valence-corrected chi connectivity index (χ2v) is 8.21. The zero-order valence-corrected chi connectivity index (χ0v) is 16.8. The van der Waals surface area contributed by atoms with Crippen LogP contribution in [0.1, 0.15) is 24.2 Å². The summed E-state index contributed by atoms with van der Waals surface area (Å²) >= 11 is 0. The number of likely N-dealkylation sites (N-methyl/N-ethyl adjacent to an activating group) is 1. The number of amides is 1. The maximum Gasteiger partial charge on any atom is 0.253 e. The predicted octanol–water partition coefficient (Wildman–Crippen LogP) is 1.40. The Morgan fingerprint density at radius 1 is 1.11 bits per heavy atom. The lowest BCUT2D eigenvalue weighted by molar-refractivity contribution is 0.0777. The van der Waals surface area contributed by atoms with Crippen molar-refractivity contribution in [3.8, 4) is 5.75 Å². The van der Waals surface area contributed by atoms with Crippen molar-refractivity contribution in [1.82, 2.24) is 14.7 Å². The lowest BCUT2D eigenvalue weighted by Gasteiger charge is -2.34. The van der Waals surface area contributed by atoms with Gasteiger partial charge in [0.05, 0.1) is 6.10 Å². The molecule has 2 saturated heterocycles. The fraction of sp³-hybridized carbons (Fsp3) is 0.667. The molecule has 6 heteroatoms. The molecule has 2 atom stereocenters. The fourth-order valence-corrected chi connectivity index (χ4v) is 4.01. The van der Waals surface area contributed by atoms with Gasteiger partial charge < -0.3 is 24.5 Å². The molecule has 2 heterocycles. The average molecular weight is 376 g/mol. The van der Waals surface area contributed by atoms with Crippen LogP contribution in [0, 0.1) is 11.8 Å². The molecule has 2 aliphatic rings. The summed E-state index contributed by atoms with van der Waals surface area (Å²) in [6.07, 6.45) is 0.116. The molecular weight excluding hydrogens is 342 g/mol. The van der Waals surface area contributed by atoms with Gasteiger partial charge in [-0.2, -0.15) is 0 Å². The normalized spacial score (nSPS) is 24.6. The van der Waals surface area contributed by atoms with Gasteiger partial charge >= 0.3 is 0 Å². The van der Waals surface area contributed by atoms with Crippen LogP contribution in [0.4, 0.5) is 0 Å². The number of carbonyl (C=O) groups is 1. The minimum atomic E-state index is 0.0467. The largest absolute Gasteiger partial charge is 0.491 e. The van der Waals surface area contributed by atoms with Gasteiger partial charge in [0.25, 0.3) is 5.91 Å². The number of aliphatic hydroxyl groups is 1. The summed E-state index contributed by atoms with van der Waals surface area (Å²) in [5.74, 6) is 1.33. The first-order valence-corrected chi connectivity index (χ1v) is 10.0. The molecule has 27 heavy (non-hydrogen) atoms. The number of nitrogens with zero attached hydrogens (tertiary/aromatic N) is 3. The van der Waals surface area contributed by atoms with Crippen molar-refractivity contribution in [2.24, 2.45) is 11.8 Å². The van der Waals surface area contributed by atoms with Gasteiger partial charge in [0.15, 0.2) is 0 Å². The molecule has 150 valence electrons. The Morgan fingerprint density at radius 2 is 1.74 bits per heavy atom. The lowest BCUT2D eigenvalue weighted by atomic mass is 9.96. The van der Waals surface area contributed by atoms with E-state index in [1.807, 2.05) is 43.0 Å². The summed E-state index contributed by atoms with van der Waals surface area (Å²) in [7, 11) is 2.15. The van der Waals surface area contributed by atoms with Crippen LogP contribution < -0.4 is 4.74 Å². The number of ether oxygens (including phenoxy) is 1. The number of rotatable bonds is 6. The van der Waals surface area contributed by atoms with Gasteiger partial charge in [-0.25, -0.2) is 0 Å². The van der Waals surface area contributed by atoms with Crippen LogP contribution in [0.3, 0.4) is 0 Å². The minimum absolute atomic E-state index is 0.0467. The van der Waals surface area contributed by atoms with E-state index >= 15 is 0 Å².